The van der Waals surface area contributed by atoms with E-state index in [-0.39, 0.29) is 142 Å². The van der Waals surface area contributed by atoms with Crippen molar-refractivity contribution < 1.29 is 90.5 Å². The zero-order valence-corrected chi connectivity index (χ0v) is 64.7. The first-order chi connectivity index (χ1) is 49.3. The summed E-state index contributed by atoms with van der Waals surface area (Å²) in [4.78, 5) is 124. The average molecular weight is 1480 g/mol. The van der Waals surface area contributed by atoms with Gasteiger partial charge in [-0.25, -0.2) is 4.79 Å². The van der Waals surface area contributed by atoms with Gasteiger partial charge in [0.2, 0.25) is 35.4 Å². The van der Waals surface area contributed by atoms with Gasteiger partial charge in [-0.05, 0) is 80.0 Å². The molecule has 0 aromatic heterocycles. The summed E-state index contributed by atoms with van der Waals surface area (Å²) in [5.41, 5.74) is 1.14. The molecule has 6 N–H and O–H groups in total. The number of nitrogens with one attached hydrogen (secondary N) is 6. The van der Waals surface area contributed by atoms with Crippen molar-refractivity contribution in [2.75, 3.05) is 166 Å². The number of likely N-dealkylation sites (N-methyl/N-ethyl adjacent to an activating group) is 2. The number of alkyl carbamates (subject to hydrolysis) is 1. The second-order valence-corrected chi connectivity index (χ2v) is 27.4. The van der Waals surface area contributed by atoms with Crippen molar-refractivity contribution in [3.63, 3.8) is 0 Å². The number of imide groups is 1. The quantitative estimate of drug-likeness (QED) is 0.0293. The van der Waals surface area contributed by atoms with E-state index in [1.54, 1.807) is 71.4 Å². The second kappa shape index (κ2) is 51.8. The smallest absolute Gasteiger partial charge is 0.407 e. The van der Waals surface area contributed by atoms with Crippen LogP contribution in [0, 0.1) is 29.6 Å². The van der Waals surface area contributed by atoms with Crippen molar-refractivity contribution in [1.29, 1.82) is 0 Å². The SMILES string of the molecule is CCC(C)C(C(CCN1CCCC1C(OC)C(C)C(=S)NCCOC)OC)N(C)C(=O)C(NC(=O)C(C(C)C)N(C)C(=O)CCOCCOCCOCCOCCOCCOCCNC(=O)OCc1ccc(NC(=O)CNC(=O)C(NC(=O)CCCCCN2C(=O)C=CC2=O)C(C)C)cc1)C(C)C. The molecule has 0 bridgehead atoms. The summed E-state index contributed by atoms with van der Waals surface area (Å²) >= 11 is 5.77. The predicted octanol–water partition coefficient (Wildman–Crippen LogP) is 4.66. The Hall–Kier alpha value is -6.32. The maximum Gasteiger partial charge on any atom is 0.407 e. The monoisotopic (exact) mass is 1480 g/mol. The highest BCUT2D eigenvalue weighted by atomic mass is 32.1. The first-order valence-electron chi connectivity index (χ1n) is 36.6. The van der Waals surface area contributed by atoms with E-state index >= 15 is 0 Å². The highest BCUT2D eigenvalue weighted by Gasteiger charge is 2.41. The first-order valence-corrected chi connectivity index (χ1v) is 37.0. The van der Waals surface area contributed by atoms with E-state index in [0.29, 0.717) is 110 Å². The fourth-order valence-electron chi connectivity index (χ4n) is 12.2. The summed E-state index contributed by atoms with van der Waals surface area (Å²) in [6.07, 6.45) is 6.88. The Kier molecular flexibility index (Phi) is 45.7. The van der Waals surface area contributed by atoms with Crippen LogP contribution in [0.2, 0.25) is 0 Å². The molecule has 9 amide bonds. The van der Waals surface area contributed by atoms with Crippen molar-refractivity contribution in [3.8, 4) is 0 Å². The number of amides is 9. The molecule has 586 valence electrons. The molecule has 9 atom stereocenters. The average Bonchev–Trinajstić information content (AvgIpc) is 1.55. The van der Waals surface area contributed by atoms with E-state index < -0.39 is 41.9 Å². The Labute approximate surface area is 616 Å². The number of hydrogen-bond donors (Lipinski definition) is 6. The molecule has 2 aliphatic heterocycles. The molecule has 29 nitrogen and oxygen atoms in total. The minimum absolute atomic E-state index is 0.00160. The second-order valence-electron chi connectivity index (χ2n) is 27.0. The predicted molar refractivity (Wildman–Crippen MR) is 394 cm³/mol. The minimum atomic E-state index is -0.854. The normalized spacial score (nSPS) is 16.2. The van der Waals surface area contributed by atoms with Gasteiger partial charge in [-0.2, -0.15) is 0 Å². The molecule has 1 aromatic rings. The maximum absolute atomic E-state index is 14.6. The van der Waals surface area contributed by atoms with Gasteiger partial charge < -0.3 is 89.1 Å². The van der Waals surface area contributed by atoms with Gasteiger partial charge in [0.15, 0.2) is 0 Å². The Morgan fingerprint density at radius 1 is 0.612 bits per heavy atom. The van der Waals surface area contributed by atoms with Gasteiger partial charge in [0.25, 0.3) is 11.8 Å². The van der Waals surface area contributed by atoms with Crippen LogP contribution < -0.4 is 31.9 Å². The zero-order chi connectivity index (χ0) is 76.2. The van der Waals surface area contributed by atoms with E-state index in [1.807, 2.05) is 34.7 Å². The number of carbonyl (C=O) groups is 9. The topological polar surface area (TPSA) is 331 Å². The van der Waals surface area contributed by atoms with Crippen LogP contribution in [-0.2, 0) is 92.3 Å². The Bertz CT molecular complexity index is 2710. The Morgan fingerprint density at radius 3 is 1.73 bits per heavy atom. The number of thiocarbonyl (C=S) groups is 1. The lowest BCUT2D eigenvalue weighted by molar-refractivity contribution is -0.146. The number of benzene rings is 1. The van der Waals surface area contributed by atoms with Gasteiger partial charge >= 0.3 is 6.09 Å². The molecule has 0 saturated carbocycles. The largest absolute Gasteiger partial charge is 0.445 e. The highest BCUT2D eigenvalue weighted by Crippen LogP contribution is 2.30. The number of likely N-dealkylation sites (tertiary alicyclic amines) is 1. The Morgan fingerprint density at radius 2 is 1.18 bits per heavy atom. The summed E-state index contributed by atoms with van der Waals surface area (Å²) in [5, 5.41) is 17.0. The van der Waals surface area contributed by atoms with Crippen molar-refractivity contribution in [1.82, 2.24) is 46.2 Å². The summed E-state index contributed by atoms with van der Waals surface area (Å²) in [6.45, 7) is 24.3. The lowest BCUT2D eigenvalue weighted by Gasteiger charge is -2.41. The van der Waals surface area contributed by atoms with Crippen LogP contribution >= 0.6 is 12.2 Å². The van der Waals surface area contributed by atoms with Crippen molar-refractivity contribution >= 4 is 76.2 Å². The maximum atomic E-state index is 14.6. The number of methoxy groups -OCH3 is 3. The van der Waals surface area contributed by atoms with Gasteiger partial charge in [-0.1, -0.05) is 99.5 Å². The molecule has 1 saturated heterocycles. The van der Waals surface area contributed by atoms with Crippen LogP contribution in [0.1, 0.15) is 126 Å². The van der Waals surface area contributed by atoms with Crippen molar-refractivity contribution in [3.05, 3.63) is 42.0 Å². The summed E-state index contributed by atoms with van der Waals surface area (Å²) in [5.74, 6) is -3.52. The number of hydrogen-bond acceptors (Lipinski definition) is 21. The molecule has 1 aromatic carbocycles. The molecule has 2 heterocycles. The van der Waals surface area contributed by atoms with Crippen molar-refractivity contribution in [2.24, 2.45) is 29.6 Å². The van der Waals surface area contributed by atoms with E-state index in [2.05, 4.69) is 57.6 Å². The standard InChI is InChI=1S/C73H124N10O19S/c1-15-53(8)67(58(94-13)28-34-82-32-19-20-57(82)68(95-14)54(9)71(103)74-30-36-93-12)81(11)72(91)65(51(4)5)79-70(90)66(52(6)7)80(10)61(86)29-35-96-38-40-98-42-44-100-46-47-101-45-43-99-41-39-97-37-31-75-73(92)102-49-55-22-24-56(25-23-55)77-60(85)48-76-69(89)64(50(2)3)78-59(84)21-17-16-18-33-83-62(87)26-27-63(83)88/h22-27,50-54,57-58,64-68H,15-21,28-49H2,1-14H3,(H,74,103)(H,75,92)(H,76,89)(H,77,85)(H,78,84)(H,79,90). The lowest BCUT2D eigenvalue weighted by Crippen LogP contribution is -2.60. The third-order valence-electron chi connectivity index (χ3n) is 18.2. The molecule has 0 spiro atoms. The third-order valence-corrected chi connectivity index (χ3v) is 18.8. The molecule has 3 rings (SSSR count). The summed E-state index contributed by atoms with van der Waals surface area (Å²) in [7, 11) is 8.54. The van der Waals surface area contributed by atoms with Crippen LogP contribution in [0.3, 0.4) is 0 Å². The molecule has 30 heteroatoms. The Balaban J connectivity index is 1.21. The highest BCUT2D eigenvalue weighted by molar-refractivity contribution is 7.80. The summed E-state index contributed by atoms with van der Waals surface area (Å²) < 4.78 is 56.4. The number of rotatable bonds is 56. The molecule has 2 aliphatic rings. The fourth-order valence-corrected chi connectivity index (χ4v) is 12.5. The third kappa shape index (κ3) is 34.2. The van der Waals surface area contributed by atoms with Crippen molar-refractivity contribution in [2.45, 2.75) is 169 Å². The molecular weight excluding hydrogens is 1350 g/mol. The van der Waals surface area contributed by atoms with Gasteiger partial charge in [0, 0.05) is 97.8 Å². The number of anilines is 1. The number of unbranched alkanes of at least 4 members (excludes halogenated alkanes) is 2. The summed E-state index contributed by atoms with van der Waals surface area (Å²) in [6, 6.07) is 4.00. The fraction of sp³-hybridized carbons (Fsp3) is 0.753. The molecule has 1 fully saturated rings. The molecular formula is C73H124N10O19S. The number of nitrogens with zero attached hydrogens (tertiary/aromatic N) is 4. The van der Waals surface area contributed by atoms with E-state index in [1.165, 1.54) is 17.1 Å². The van der Waals surface area contributed by atoms with Gasteiger partial charge in [0.05, 0.1) is 122 Å². The van der Waals surface area contributed by atoms with Crippen LogP contribution in [0.4, 0.5) is 10.5 Å². The first kappa shape index (κ1) is 90.9. The van der Waals surface area contributed by atoms with Gasteiger partial charge in [-0.3, -0.25) is 48.2 Å². The molecule has 9 unspecified atom stereocenters. The van der Waals surface area contributed by atoms with Crippen LogP contribution in [0.5, 0.6) is 0 Å². The zero-order valence-electron chi connectivity index (χ0n) is 63.9. The molecule has 0 aliphatic carbocycles. The lowest BCUT2D eigenvalue weighted by atomic mass is 9.89. The number of carbonyl (C=O) groups excluding carboxylic acids is 9. The van der Waals surface area contributed by atoms with E-state index in [0.717, 1.165) is 42.2 Å². The van der Waals surface area contributed by atoms with Gasteiger partial charge in [-0.15, -0.1) is 0 Å². The van der Waals surface area contributed by atoms with Gasteiger partial charge in [0.1, 0.15) is 24.7 Å². The molecule has 103 heavy (non-hydrogen) atoms. The van der Waals surface area contributed by atoms with E-state index in [9.17, 15) is 43.2 Å². The van der Waals surface area contributed by atoms with Crippen LogP contribution in [0.15, 0.2) is 36.4 Å². The minimum Gasteiger partial charge on any atom is -0.445 e. The van der Waals surface area contributed by atoms with E-state index in [4.69, 9.17) is 59.6 Å². The van der Waals surface area contributed by atoms with Crippen LogP contribution in [-0.4, -0.2) is 281 Å². The number of ether oxygens (including phenoxy) is 10. The molecule has 0 radical (unpaired) electrons. The van der Waals surface area contributed by atoms with Crippen LogP contribution in [0.25, 0.3) is 0 Å².